The predicted molar refractivity (Wildman–Crippen MR) is 89.1 cm³/mol. The van der Waals surface area contributed by atoms with Crippen molar-refractivity contribution in [3.05, 3.63) is 50.2 Å². The Hall–Kier alpha value is -1.08. The highest BCUT2D eigenvalue weighted by molar-refractivity contribution is 14.1. The van der Waals surface area contributed by atoms with Crippen molar-refractivity contribution in [3.8, 4) is 0 Å². The highest BCUT2D eigenvalue weighted by Crippen LogP contribution is 2.16. The normalized spacial score (nSPS) is 10.2. The molecule has 1 amide bonds. The lowest BCUT2D eigenvalue weighted by molar-refractivity contribution is 0.0955. The lowest BCUT2D eigenvalue weighted by Crippen LogP contribution is -2.32. The number of carbonyl (C=O) groups is 1. The molecular formula is C14H15IN2OS. The Morgan fingerprint density at radius 2 is 2.11 bits per heavy atom. The van der Waals surface area contributed by atoms with Crippen LogP contribution in [0.4, 0.5) is 5.69 Å². The van der Waals surface area contributed by atoms with Gasteiger partial charge in [-0.2, -0.15) is 0 Å². The summed E-state index contributed by atoms with van der Waals surface area (Å²) in [6.45, 7) is 1.42. The van der Waals surface area contributed by atoms with Gasteiger partial charge in [0.1, 0.15) is 0 Å². The van der Waals surface area contributed by atoms with Crippen LogP contribution in [0.25, 0.3) is 0 Å². The smallest absolute Gasteiger partial charge is 0.252 e. The average molecular weight is 386 g/mol. The van der Waals surface area contributed by atoms with E-state index in [9.17, 15) is 4.79 Å². The van der Waals surface area contributed by atoms with Crippen molar-refractivity contribution in [1.82, 2.24) is 5.32 Å². The van der Waals surface area contributed by atoms with Crippen molar-refractivity contribution in [3.63, 3.8) is 0 Å². The summed E-state index contributed by atoms with van der Waals surface area (Å²) >= 11 is 3.81. The number of benzene rings is 1. The molecule has 0 atom stereocenters. The largest absolute Gasteiger partial charge is 0.373 e. The fraction of sp³-hybridized carbons (Fsp3) is 0.214. The van der Waals surface area contributed by atoms with Gasteiger partial charge in [-0.05, 0) is 40.8 Å². The highest BCUT2D eigenvalue weighted by atomic mass is 127. The maximum Gasteiger partial charge on any atom is 0.252 e. The number of hydrogen-bond acceptors (Lipinski definition) is 3. The Labute approximate surface area is 130 Å². The van der Waals surface area contributed by atoms with Crippen molar-refractivity contribution < 1.29 is 4.79 Å². The quantitative estimate of drug-likeness (QED) is 0.801. The summed E-state index contributed by atoms with van der Waals surface area (Å²) in [6.07, 6.45) is 0. The summed E-state index contributed by atoms with van der Waals surface area (Å²) in [5.74, 6) is 0.000581. The van der Waals surface area contributed by atoms with Gasteiger partial charge in [0.15, 0.2) is 0 Å². The third-order valence-corrected chi connectivity index (χ3v) is 4.55. The number of likely N-dealkylation sites (N-methyl/N-ethyl adjacent to an activating group) is 1. The molecule has 2 rings (SSSR count). The zero-order valence-corrected chi connectivity index (χ0v) is 13.6. The predicted octanol–water partition coefficient (Wildman–Crippen LogP) is 3.22. The van der Waals surface area contributed by atoms with E-state index in [1.54, 1.807) is 11.3 Å². The second kappa shape index (κ2) is 6.91. The maximum atomic E-state index is 11.8. The number of nitrogens with zero attached hydrogens (tertiary/aromatic N) is 1. The number of rotatable bonds is 5. The molecule has 5 heteroatoms. The number of para-hydroxylation sites is 1. The molecule has 0 aliphatic rings. The number of hydrogen-bond donors (Lipinski definition) is 1. The van der Waals surface area contributed by atoms with E-state index in [4.69, 9.17) is 0 Å². The minimum atomic E-state index is 0.000581. The Morgan fingerprint density at radius 1 is 1.37 bits per heavy atom. The summed E-state index contributed by atoms with van der Waals surface area (Å²) in [7, 11) is 2.02. The van der Waals surface area contributed by atoms with Gasteiger partial charge in [0.05, 0.1) is 8.45 Å². The van der Waals surface area contributed by atoms with Gasteiger partial charge in [0, 0.05) is 31.2 Å². The molecule has 0 unspecified atom stereocenters. The summed E-state index contributed by atoms with van der Waals surface area (Å²) in [5, 5.41) is 4.82. The summed E-state index contributed by atoms with van der Waals surface area (Å²) in [5.41, 5.74) is 1.90. The van der Waals surface area contributed by atoms with E-state index in [0.29, 0.717) is 6.54 Å². The first-order valence-corrected chi connectivity index (χ1v) is 7.91. The van der Waals surface area contributed by atoms with Gasteiger partial charge >= 0.3 is 0 Å². The second-order valence-corrected chi connectivity index (χ2v) is 6.96. The van der Waals surface area contributed by atoms with Crippen LogP contribution < -0.4 is 10.2 Å². The number of nitrogens with one attached hydrogen (secondary N) is 1. The van der Waals surface area contributed by atoms with E-state index in [1.807, 2.05) is 36.7 Å². The van der Waals surface area contributed by atoms with Crippen molar-refractivity contribution in [2.75, 3.05) is 25.0 Å². The van der Waals surface area contributed by atoms with Crippen molar-refractivity contribution in [1.29, 1.82) is 0 Å². The third-order valence-electron chi connectivity index (χ3n) is 2.76. The fourth-order valence-electron chi connectivity index (χ4n) is 1.68. The van der Waals surface area contributed by atoms with Crippen molar-refractivity contribution >= 4 is 45.5 Å². The molecule has 3 nitrogen and oxygen atoms in total. The molecule has 0 radical (unpaired) electrons. The molecule has 1 aromatic carbocycles. The maximum absolute atomic E-state index is 11.8. The summed E-state index contributed by atoms with van der Waals surface area (Å²) in [6, 6.07) is 12.0. The van der Waals surface area contributed by atoms with Crippen LogP contribution >= 0.6 is 33.9 Å². The lowest BCUT2D eigenvalue weighted by Gasteiger charge is -2.19. The van der Waals surface area contributed by atoms with Crippen LogP contribution in [-0.4, -0.2) is 26.0 Å². The molecule has 1 heterocycles. The molecule has 1 aromatic heterocycles. The molecule has 0 saturated carbocycles. The monoisotopic (exact) mass is 386 g/mol. The molecular weight excluding hydrogens is 371 g/mol. The number of halogens is 1. The Bertz CT molecular complexity index is 541. The van der Waals surface area contributed by atoms with Crippen LogP contribution in [0.5, 0.6) is 0 Å². The van der Waals surface area contributed by atoms with Gasteiger partial charge in [0.25, 0.3) is 5.91 Å². The molecule has 0 spiro atoms. The van der Waals surface area contributed by atoms with Crippen LogP contribution in [0.2, 0.25) is 0 Å². The molecule has 0 saturated heterocycles. The Morgan fingerprint density at radius 3 is 2.74 bits per heavy atom. The van der Waals surface area contributed by atoms with E-state index < -0.39 is 0 Å². The SMILES string of the molecule is CN(CCNC(=O)c1csc(I)c1)c1ccccc1. The van der Waals surface area contributed by atoms with Gasteiger partial charge in [-0.3, -0.25) is 4.79 Å². The number of amides is 1. The first-order valence-electron chi connectivity index (χ1n) is 5.95. The first kappa shape index (κ1) is 14.3. The van der Waals surface area contributed by atoms with Crippen LogP contribution in [0, 0.1) is 2.88 Å². The zero-order chi connectivity index (χ0) is 13.7. The van der Waals surface area contributed by atoms with Crippen LogP contribution in [0.1, 0.15) is 10.4 Å². The molecule has 0 aliphatic heterocycles. The fourth-order valence-corrected chi connectivity index (χ4v) is 3.01. The van der Waals surface area contributed by atoms with Gasteiger partial charge in [-0.25, -0.2) is 0 Å². The first-order chi connectivity index (χ1) is 9.16. The van der Waals surface area contributed by atoms with Crippen LogP contribution in [-0.2, 0) is 0 Å². The van der Waals surface area contributed by atoms with E-state index >= 15 is 0 Å². The van der Waals surface area contributed by atoms with E-state index in [0.717, 1.165) is 20.7 Å². The van der Waals surface area contributed by atoms with E-state index in [2.05, 4.69) is 44.9 Å². The Balaban J connectivity index is 1.79. The van der Waals surface area contributed by atoms with Crippen molar-refractivity contribution in [2.24, 2.45) is 0 Å². The summed E-state index contributed by atoms with van der Waals surface area (Å²) < 4.78 is 1.13. The molecule has 0 aliphatic carbocycles. The summed E-state index contributed by atoms with van der Waals surface area (Å²) in [4.78, 5) is 14.0. The molecule has 19 heavy (non-hydrogen) atoms. The van der Waals surface area contributed by atoms with Crippen LogP contribution in [0.3, 0.4) is 0 Å². The third kappa shape index (κ3) is 4.21. The second-order valence-electron chi connectivity index (χ2n) is 4.15. The van der Waals surface area contributed by atoms with Gasteiger partial charge in [-0.1, -0.05) is 18.2 Å². The van der Waals surface area contributed by atoms with Crippen LogP contribution in [0.15, 0.2) is 41.8 Å². The van der Waals surface area contributed by atoms with Gasteiger partial charge in [0.2, 0.25) is 0 Å². The van der Waals surface area contributed by atoms with Crippen molar-refractivity contribution in [2.45, 2.75) is 0 Å². The number of anilines is 1. The standard InChI is InChI=1S/C14H15IN2OS/c1-17(12-5-3-2-4-6-12)8-7-16-14(18)11-9-13(15)19-10-11/h2-6,9-10H,7-8H2,1H3,(H,16,18). The zero-order valence-electron chi connectivity index (χ0n) is 10.6. The number of carbonyl (C=O) groups excluding carboxylic acids is 1. The topological polar surface area (TPSA) is 32.3 Å². The Kier molecular flexibility index (Phi) is 5.21. The molecule has 100 valence electrons. The minimum Gasteiger partial charge on any atom is -0.373 e. The van der Waals surface area contributed by atoms with E-state index in [-0.39, 0.29) is 5.91 Å². The highest BCUT2D eigenvalue weighted by Gasteiger charge is 2.07. The molecule has 0 fully saturated rings. The van der Waals surface area contributed by atoms with Gasteiger partial charge in [-0.15, -0.1) is 11.3 Å². The van der Waals surface area contributed by atoms with E-state index in [1.165, 1.54) is 0 Å². The molecule has 1 N–H and O–H groups in total. The lowest BCUT2D eigenvalue weighted by atomic mass is 10.3. The molecule has 0 bridgehead atoms. The minimum absolute atomic E-state index is 0.000581. The average Bonchev–Trinajstić information content (AvgIpc) is 2.86. The number of thiophene rings is 1. The van der Waals surface area contributed by atoms with Gasteiger partial charge < -0.3 is 10.2 Å². The molecule has 2 aromatic rings.